The van der Waals surface area contributed by atoms with Crippen molar-refractivity contribution in [1.82, 2.24) is 0 Å². The molecule has 2 heteroatoms. The van der Waals surface area contributed by atoms with Crippen LogP contribution in [0.4, 0.5) is 0 Å². The van der Waals surface area contributed by atoms with E-state index < -0.39 is 5.97 Å². The highest BCUT2D eigenvalue weighted by Crippen LogP contribution is 2.36. The van der Waals surface area contributed by atoms with Gasteiger partial charge in [-0.25, -0.2) is 0 Å². The zero-order valence-electron chi connectivity index (χ0n) is 12.1. The molecule has 19 heavy (non-hydrogen) atoms. The van der Waals surface area contributed by atoms with Crippen LogP contribution in [-0.4, -0.2) is 11.1 Å². The number of benzene rings is 1. The zero-order chi connectivity index (χ0) is 14.0. The predicted octanol–water partition coefficient (Wildman–Crippen LogP) is 4.34. The second kappa shape index (κ2) is 5.36. The number of carboxylic acid groups (broad SMARTS) is 1. The number of hydrogen-bond acceptors (Lipinski definition) is 1. The Labute approximate surface area is 115 Å². The fraction of sp³-hybridized carbons (Fsp3) is 0.588. The monoisotopic (exact) mass is 260 g/mol. The summed E-state index contributed by atoms with van der Waals surface area (Å²) < 4.78 is 0. The maximum Gasteiger partial charge on any atom is 0.306 e. The Balaban J connectivity index is 2.02. The minimum absolute atomic E-state index is 0.120. The lowest BCUT2D eigenvalue weighted by molar-refractivity contribution is -0.142. The first-order chi connectivity index (χ1) is 8.88. The van der Waals surface area contributed by atoms with Gasteiger partial charge in [0.25, 0.3) is 0 Å². The Bertz CT molecular complexity index is 431. The average Bonchev–Trinajstić information content (AvgIpc) is 2.38. The molecule has 2 nitrogen and oxygen atoms in total. The van der Waals surface area contributed by atoms with Crippen LogP contribution >= 0.6 is 0 Å². The molecule has 1 aliphatic carbocycles. The lowest BCUT2D eigenvalue weighted by Gasteiger charge is -2.27. The van der Waals surface area contributed by atoms with Gasteiger partial charge in [-0.3, -0.25) is 4.79 Å². The quantitative estimate of drug-likeness (QED) is 0.858. The second-order valence-corrected chi connectivity index (χ2v) is 6.76. The molecular weight excluding hydrogens is 236 g/mol. The van der Waals surface area contributed by atoms with Gasteiger partial charge >= 0.3 is 5.97 Å². The molecule has 0 heterocycles. The summed E-state index contributed by atoms with van der Waals surface area (Å²) in [7, 11) is 0. The first kappa shape index (κ1) is 14.1. The van der Waals surface area contributed by atoms with Crippen molar-refractivity contribution < 1.29 is 9.90 Å². The standard InChI is InChI=1S/C17H24O2/c1-17(2,3)15-10-8-13(9-11-15)12-4-6-14(7-5-12)16(18)19/h8-12,14H,4-7H2,1-3H3,(H,18,19)/t12-,14+. The molecule has 0 aliphatic heterocycles. The summed E-state index contributed by atoms with van der Waals surface area (Å²) in [6, 6.07) is 8.90. The van der Waals surface area contributed by atoms with Crippen molar-refractivity contribution in [2.45, 2.75) is 57.8 Å². The SMILES string of the molecule is CC(C)(C)c1ccc([C@H]2CC[C@@H](C(=O)O)CC2)cc1. The fourth-order valence-corrected chi connectivity index (χ4v) is 2.93. The first-order valence-electron chi connectivity index (χ1n) is 7.21. The van der Waals surface area contributed by atoms with E-state index in [9.17, 15) is 4.79 Å². The van der Waals surface area contributed by atoms with E-state index in [1.165, 1.54) is 11.1 Å². The lowest BCUT2D eigenvalue weighted by Crippen LogP contribution is -2.20. The fourth-order valence-electron chi connectivity index (χ4n) is 2.93. The van der Waals surface area contributed by atoms with Gasteiger partial charge < -0.3 is 5.11 Å². The van der Waals surface area contributed by atoms with Crippen LogP contribution < -0.4 is 0 Å². The van der Waals surface area contributed by atoms with Crippen LogP contribution in [0.25, 0.3) is 0 Å². The summed E-state index contributed by atoms with van der Waals surface area (Å²) in [5.41, 5.74) is 2.92. The Hall–Kier alpha value is -1.31. The number of carboxylic acids is 1. The third-order valence-electron chi connectivity index (χ3n) is 4.32. The summed E-state index contributed by atoms with van der Waals surface area (Å²) in [5, 5.41) is 9.02. The average molecular weight is 260 g/mol. The van der Waals surface area contributed by atoms with E-state index in [0.717, 1.165) is 25.7 Å². The second-order valence-electron chi connectivity index (χ2n) is 6.76. The highest BCUT2D eigenvalue weighted by atomic mass is 16.4. The van der Waals surface area contributed by atoms with Crippen molar-refractivity contribution >= 4 is 5.97 Å². The third-order valence-corrected chi connectivity index (χ3v) is 4.32. The van der Waals surface area contributed by atoms with Crippen LogP contribution in [0.3, 0.4) is 0 Å². The highest BCUT2D eigenvalue weighted by Gasteiger charge is 2.26. The summed E-state index contributed by atoms with van der Waals surface area (Å²) in [6.45, 7) is 6.67. The molecule has 0 unspecified atom stereocenters. The molecule has 1 aromatic carbocycles. The van der Waals surface area contributed by atoms with Gasteiger partial charge in [-0.1, -0.05) is 45.0 Å². The maximum absolute atomic E-state index is 11.0. The van der Waals surface area contributed by atoms with E-state index in [1.807, 2.05) is 0 Å². The van der Waals surface area contributed by atoms with Crippen LogP contribution in [0, 0.1) is 5.92 Å². The largest absolute Gasteiger partial charge is 0.481 e. The zero-order valence-corrected chi connectivity index (χ0v) is 12.1. The van der Waals surface area contributed by atoms with Crippen molar-refractivity contribution in [2.24, 2.45) is 5.92 Å². The molecule has 0 atom stereocenters. The normalized spacial score (nSPS) is 24.2. The molecule has 1 aromatic rings. The van der Waals surface area contributed by atoms with E-state index in [2.05, 4.69) is 45.0 Å². The van der Waals surface area contributed by atoms with E-state index in [-0.39, 0.29) is 11.3 Å². The summed E-state index contributed by atoms with van der Waals surface area (Å²) in [5.74, 6) is -0.198. The van der Waals surface area contributed by atoms with Crippen molar-refractivity contribution in [1.29, 1.82) is 0 Å². The molecule has 0 bridgehead atoms. The number of rotatable bonds is 2. The Morgan fingerprint density at radius 2 is 1.58 bits per heavy atom. The first-order valence-corrected chi connectivity index (χ1v) is 7.21. The smallest absolute Gasteiger partial charge is 0.306 e. The number of carbonyl (C=O) groups is 1. The van der Waals surface area contributed by atoms with Crippen LogP contribution in [0.1, 0.15) is 63.5 Å². The molecule has 1 aliphatic rings. The Morgan fingerprint density at radius 1 is 1.05 bits per heavy atom. The van der Waals surface area contributed by atoms with Gasteiger partial charge in [-0.15, -0.1) is 0 Å². The predicted molar refractivity (Wildman–Crippen MR) is 77.5 cm³/mol. The van der Waals surface area contributed by atoms with Gasteiger partial charge in [0.2, 0.25) is 0 Å². The van der Waals surface area contributed by atoms with Crippen LogP contribution in [0.2, 0.25) is 0 Å². The van der Waals surface area contributed by atoms with Gasteiger partial charge in [0.1, 0.15) is 0 Å². The molecule has 0 spiro atoms. The van der Waals surface area contributed by atoms with E-state index >= 15 is 0 Å². The number of hydrogen-bond donors (Lipinski definition) is 1. The van der Waals surface area contributed by atoms with Crippen molar-refractivity contribution in [3.63, 3.8) is 0 Å². The number of aliphatic carboxylic acids is 1. The van der Waals surface area contributed by atoms with Gasteiger partial charge in [-0.2, -0.15) is 0 Å². The van der Waals surface area contributed by atoms with Gasteiger partial charge in [0.05, 0.1) is 5.92 Å². The molecule has 0 radical (unpaired) electrons. The molecule has 0 amide bonds. The molecule has 1 N–H and O–H groups in total. The molecule has 0 saturated heterocycles. The minimum Gasteiger partial charge on any atom is -0.481 e. The molecular formula is C17H24O2. The molecule has 0 aromatic heterocycles. The van der Waals surface area contributed by atoms with E-state index in [1.54, 1.807) is 0 Å². The summed E-state index contributed by atoms with van der Waals surface area (Å²) >= 11 is 0. The summed E-state index contributed by atoms with van der Waals surface area (Å²) in [6.07, 6.45) is 3.65. The molecule has 1 fully saturated rings. The van der Waals surface area contributed by atoms with E-state index in [0.29, 0.717) is 5.92 Å². The van der Waals surface area contributed by atoms with Crippen LogP contribution in [0.15, 0.2) is 24.3 Å². The van der Waals surface area contributed by atoms with Crippen molar-refractivity contribution in [2.75, 3.05) is 0 Å². The van der Waals surface area contributed by atoms with Crippen molar-refractivity contribution in [3.05, 3.63) is 35.4 Å². The Morgan fingerprint density at radius 3 is 2.00 bits per heavy atom. The van der Waals surface area contributed by atoms with E-state index in [4.69, 9.17) is 5.11 Å². The van der Waals surface area contributed by atoms with Crippen LogP contribution in [-0.2, 0) is 10.2 Å². The summed E-state index contributed by atoms with van der Waals surface area (Å²) in [4.78, 5) is 11.0. The molecule has 104 valence electrons. The lowest BCUT2D eigenvalue weighted by atomic mass is 9.78. The molecule has 2 rings (SSSR count). The topological polar surface area (TPSA) is 37.3 Å². The van der Waals surface area contributed by atoms with Gasteiger partial charge in [0, 0.05) is 0 Å². The van der Waals surface area contributed by atoms with Crippen LogP contribution in [0.5, 0.6) is 0 Å². The highest BCUT2D eigenvalue weighted by molar-refractivity contribution is 5.70. The third kappa shape index (κ3) is 3.37. The van der Waals surface area contributed by atoms with Crippen molar-refractivity contribution in [3.8, 4) is 0 Å². The molecule has 1 saturated carbocycles. The minimum atomic E-state index is -0.624. The van der Waals surface area contributed by atoms with Gasteiger partial charge in [0.15, 0.2) is 0 Å². The Kier molecular flexibility index (Phi) is 3.98. The maximum atomic E-state index is 11.0. The van der Waals surface area contributed by atoms with Gasteiger partial charge in [-0.05, 0) is 48.1 Å².